The smallest absolute Gasteiger partial charge is 0.0897 e. The molecular weight excluding hydrogens is 238 g/mol. The summed E-state index contributed by atoms with van der Waals surface area (Å²) in [7, 11) is 0. The molecule has 0 aliphatic heterocycles. The van der Waals surface area contributed by atoms with Crippen LogP contribution in [-0.2, 0) is 4.74 Å². The van der Waals surface area contributed by atoms with Gasteiger partial charge in [0.1, 0.15) is 0 Å². The predicted octanol–water partition coefficient (Wildman–Crippen LogP) is 2.97. The minimum absolute atomic E-state index is 0.372. The summed E-state index contributed by atoms with van der Waals surface area (Å²) in [5.74, 6) is 1.38. The molecule has 0 saturated heterocycles. The first kappa shape index (κ1) is 16.9. The molecule has 4 unspecified atom stereocenters. The van der Waals surface area contributed by atoms with Gasteiger partial charge in [0.15, 0.2) is 0 Å². The van der Waals surface area contributed by atoms with Crippen molar-refractivity contribution in [2.75, 3.05) is 19.7 Å². The Hall–Kier alpha value is -0.120. The Morgan fingerprint density at radius 3 is 2.63 bits per heavy atom. The largest absolute Gasteiger partial charge is 0.389 e. The van der Waals surface area contributed by atoms with E-state index in [1.807, 2.05) is 0 Å². The molecule has 0 spiro atoms. The molecule has 19 heavy (non-hydrogen) atoms. The van der Waals surface area contributed by atoms with Gasteiger partial charge in [-0.1, -0.05) is 46.5 Å². The zero-order valence-corrected chi connectivity index (χ0v) is 13.0. The lowest BCUT2D eigenvalue weighted by Crippen LogP contribution is -2.36. The molecule has 0 aromatic carbocycles. The molecule has 0 heterocycles. The third kappa shape index (κ3) is 6.73. The monoisotopic (exact) mass is 271 g/mol. The molecule has 0 bridgehead atoms. The van der Waals surface area contributed by atoms with E-state index in [9.17, 15) is 5.11 Å². The minimum Gasteiger partial charge on any atom is -0.389 e. The van der Waals surface area contributed by atoms with Crippen molar-refractivity contribution < 1.29 is 9.84 Å². The quantitative estimate of drug-likeness (QED) is 0.677. The lowest BCUT2D eigenvalue weighted by Gasteiger charge is -2.31. The molecule has 3 nitrogen and oxygen atoms in total. The molecule has 4 atom stereocenters. The minimum atomic E-state index is -0.372. The van der Waals surface area contributed by atoms with Gasteiger partial charge in [0.2, 0.25) is 0 Å². The van der Waals surface area contributed by atoms with E-state index in [0.29, 0.717) is 31.1 Å². The van der Waals surface area contributed by atoms with E-state index in [1.165, 1.54) is 38.5 Å². The van der Waals surface area contributed by atoms with E-state index in [4.69, 9.17) is 4.74 Å². The highest BCUT2D eigenvalue weighted by Crippen LogP contribution is 2.29. The zero-order valence-electron chi connectivity index (χ0n) is 13.0. The Labute approximate surface area is 119 Å². The van der Waals surface area contributed by atoms with Gasteiger partial charge in [-0.2, -0.15) is 0 Å². The van der Waals surface area contributed by atoms with Crippen LogP contribution >= 0.6 is 0 Å². The second kappa shape index (κ2) is 9.73. The zero-order chi connectivity index (χ0) is 14.1. The average Bonchev–Trinajstić information content (AvgIpc) is 2.45. The molecule has 1 aliphatic carbocycles. The van der Waals surface area contributed by atoms with E-state index < -0.39 is 0 Å². The van der Waals surface area contributed by atoms with Crippen LogP contribution in [0.3, 0.4) is 0 Å². The Morgan fingerprint density at radius 1 is 1.21 bits per heavy atom. The van der Waals surface area contributed by atoms with Crippen molar-refractivity contribution in [2.24, 2.45) is 11.8 Å². The Balaban J connectivity index is 2.12. The summed E-state index contributed by atoms with van der Waals surface area (Å²) >= 11 is 0. The van der Waals surface area contributed by atoms with Crippen molar-refractivity contribution in [3.8, 4) is 0 Å². The summed E-state index contributed by atoms with van der Waals surface area (Å²) < 4.78 is 5.94. The first-order valence-electron chi connectivity index (χ1n) is 8.17. The molecule has 0 radical (unpaired) electrons. The number of hydrogen-bond acceptors (Lipinski definition) is 3. The van der Waals surface area contributed by atoms with Gasteiger partial charge in [0, 0.05) is 6.54 Å². The van der Waals surface area contributed by atoms with Crippen molar-refractivity contribution in [3.63, 3.8) is 0 Å². The fourth-order valence-corrected chi connectivity index (χ4v) is 2.79. The number of hydrogen-bond donors (Lipinski definition) is 2. The van der Waals surface area contributed by atoms with Crippen molar-refractivity contribution in [3.05, 3.63) is 0 Å². The molecule has 0 aromatic heterocycles. The van der Waals surface area contributed by atoms with Crippen LogP contribution in [0.15, 0.2) is 0 Å². The van der Waals surface area contributed by atoms with E-state index in [1.54, 1.807) is 0 Å². The van der Waals surface area contributed by atoms with Gasteiger partial charge in [-0.3, -0.25) is 0 Å². The van der Waals surface area contributed by atoms with E-state index in [-0.39, 0.29) is 6.10 Å². The Kier molecular flexibility index (Phi) is 8.67. The van der Waals surface area contributed by atoms with Crippen LogP contribution in [0.2, 0.25) is 0 Å². The summed E-state index contributed by atoms with van der Waals surface area (Å²) in [4.78, 5) is 0. The number of aliphatic hydroxyl groups excluding tert-OH is 1. The van der Waals surface area contributed by atoms with E-state index >= 15 is 0 Å². The van der Waals surface area contributed by atoms with Crippen LogP contribution in [-0.4, -0.2) is 37.0 Å². The standard InChI is InChI=1S/C16H33NO2/c1-4-13(3)10-17-11-15(18)12-19-16-9-7-6-8-14(16)5-2/h13-18H,4-12H2,1-3H3. The fraction of sp³-hybridized carbons (Fsp3) is 1.00. The molecule has 1 rings (SSSR count). The first-order valence-corrected chi connectivity index (χ1v) is 8.17. The van der Waals surface area contributed by atoms with Crippen LogP contribution in [0.25, 0.3) is 0 Å². The highest BCUT2D eigenvalue weighted by Gasteiger charge is 2.24. The second-order valence-corrected chi connectivity index (χ2v) is 6.15. The van der Waals surface area contributed by atoms with Crippen LogP contribution in [0.4, 0.5) is 0 Å². The average molecular weight is 271 g/mol. The van der Waals surface area contributed by atoms with Crippen LogP contribution in [0.5, 0.6) is 0 Å². The van der Waals surface area contributed by atoms with Gasteiger partial charge in [-0.05, 0) is 31.2 Å². The van der Waals surface area contributed by atoms with Gasteiger partial charge in [-0.25, -0.2) is 0 Å². The van der Waals surface area contributed by atoms with Gasteiger partial charge in [-0.15, -0.1) is 0 Å². The van der Waals surface area contributed by atoms with E-state index in [2.05, 4.69) is 26.1 Å². The van der Waals surface area contributed by atoms with Crippen LogP contribution < -0.4 is 5.32 Å². The predicted molar refractivity (Wildman–Crippen MR) is 80.3 cm³/mol. The first-order chi connectivity index (χ1) is 9.17. The highest BCUT2D eigenvalue weighted by molar-refractivity contribution is 4.75. The van der Waals surface area contributed by atoms with Crippen LogP contribution in [0.1, 0.15) is 59.3 Å². The fourth-order valence-electron chi connectivity index (χ4n) is 2.79. The maximum atomic E-state index is 9.94. The van der Waals surface area contributed by atoms with Gasteiger partial charge < -0.3 is 15.2 Å². The van der Waals surface area contributed by atoms with Gasteiger partial charge in [0.25, 0.3) is 0 Å². The van der Waals surface area contributed by atoms with Crippen molar-refractivity contribution >= 4 is 0 Å². The number of rotatable bonds is 9. The number of ether oxygens (including phenoxy) is 1. The molecule has 1 saturated carbocycles. The van der Waals surface area contributed by atoms with E-state index in [0.717, 1.165) is 6.54 Å². The topological polar surface area (TPSA) is 41.5 Å². The maximum absolute atomic E-state index is 9.94. The van der Waals surface area contributed by atoms with Crippen molar-refractivity contribution in [2.45, 2.75) is 71.5 Å². The summed E-state index contributed by atoms with van der Waals surface area (Å²) in [6.45, 7) is 8.77. The Bertz CT molecular complexity index is 223. The summed E-state index contributed by atoms with van der Waals surface area (Å²) in [5.41, 5.74) is 0. The van der Waals surface area contributed by atoms with Crippen molar-refractivity contribution in [1.82, 2.24) is 5.32 Å². The molecular formula is C16H33NO2. The molecule has 114 valence electrons. The molecule has 2 N–H and O–H groups in total. The molecule has 0 amide bonds. The van der Waals surface area contributed by atoms with Crippen LogP contribution in [0, 0.1) is 11.8 Å². The van der Waals surface area contributed by atoms with Gasteiger partial charge in [0.05, 0.1) is 18.8 Å². The number of nitrogens with one attached hydrogen (secondary N) is 1. The van der Waals surface area contributed by atoms with Gasteiger partial charge >= 0.3 is 0 Å². The summed E-state index contributed by atoms with van der Waals surface area (Å²) in [6, 6.07) is 0. The SMILES string of the molecule is CCC(C)CNCC(O)COC1CCCCC1CC. The molecule has 1 aliphatic rings. The number of aliphatic hydroxyl groups is 1. The third-order valence-corrected chi connectivity index (χ3v) is 4.44. The Morgan fingerprint density at radius 2 is 1.95 bits per heavy atom. The maximum Gasteiger partial charge on any atom is 0.0897 e. The molecule has 3 heteroatoms. The third-order valence-electron chi connectivity index (χ3n) is 4.44. The van der Waals surface area contributed by atoms with Crippen molar-refractivity contribution in [1.29, 1.82) is 0 Å². The highest BCUT2D eigenvalue weighted by atomic mass is 16.5. The summed E-state index contributed by atoms with van der Waals surface area (Å²) in [6.07, 6.45) is 7.48. The second-order valence-electron chi connectivity index (χ2n) is 6.15. The summed E-state index contributed by atoms with van der Waals surface area (Å²) in [5, 5.41) is 13.3. The molecule has 1 fully saturated rings. The molecule has 0 aromatic rings. The lowest BCUT2D eigenvalue weighted by molar-refractivity contribution is -0.0499. The normalized spacial score (nSPS) is 27.2. The lowest BCUT2D eigenvalue weighted by atomic mass is 9.85.